The summed E-state index contributed by atoms with van der Waals surface area (Å²) >= 11 is 0. The van der Waals surface area contributed by atoms with E-state index in [2.05, 4.69) is 21.5 Å². The summed E-state index contributed by atoms with van der Waals surface area (Å²) < 4.78 is 1.72. The largest absolute Gasteiger partial charge is 0.350 e. The van der Waals surface area contributed by atoms with E-state index < -0.39 is 0 Å². The van der Waals surface area contributed by atoms with Gasteiger partial charge in [0.1, 0.15) is 6.07 Å². The Balaban J connectivity index is 2.34. The summed E-state index contributed by atoms with van der Waals surface area (Å²) in [6, 6.07) is 3.79. The average Bonchev–Trinajstić information content (AvgIpc) is 2.58. The Morgan fingerprint density at radius 1 is 1.44 bits per heavy atom. The number of pyridine rings is 1. The minimum Gasteiger partial charge on any atom is -0.350 e. The van der Waals surface area contributed by atoms with E-state index in [9.17, 15) is 0 Å². The number of hydrogen-bond donors (Lipinski definition) is 1. The lowest BCUT2D eigenvalue weighted by Gasteiger charge is -2.05. The first kappa shape index (κ1) is 10.2. The van der Waals surface area contributed by atoms with Crippen molar-refractivity contribution in [2.45, 2.75) is 6.92 Å². The van der Waals surface area contributed by atoms with Crippen molar-refractivity contribution in [3.05, 3.63) is 35.9 Å². The number of hydrogen-bond acceptors (Lipinski definition) is 4. The van der Waals surface area contributed by atoms with Crippen LogP contribution in [-0.4, -0.2) is 14.8 Å². The third kappa shape index (κ3) is 1.86. The van der Waals surface area contributed by atoms with Gasteiger partial charge in [0.2, 0.25) is 0 Å². The molecule has 0 spiro atoms. The fraction of sp³-hybridized carbons (Fsp3) is 0.182. The first-order valence-corrected chi connectivity index (χ1v) is 4.82. The molecule has 1 N–H and O–H groups in total. The number of aryl methyl sites for hydroxylation is 2. The van der Waals surface area contributed by atoms with Crippen LogP contribution in [0.1, 0.15) is 11.3 Å². The van der Waals surface area contributed by atoms with Crippen molar-refractivity contribution in [3.8, 4) is 6.07 Å². The van der Waals surface area contributed by atoms with Crippen molar-refractivity contribution in [3.63, 3.8) is 0 Å². The second kappa shape index (κ2) is 4.03. The van der Waals surface area contributed by atoms with Crippen LogP contribution >= 0.6 is 0 Å². The van der Waals surface area contributed by atoms with Crippen LogP contribution < -0.4 is 5.32 Å². The highest BCUT2D eigenvalue weighted by Gasteiger charge is 2.06. The SMILES string of the molecule is Cc1nn(C)cc1Nc1cnccc1C#N. The van der Waals surface area contributed by atoms with E-state index in [1.807, 2.05) is 20.2 Å². The van der Waals surface area contributed by atoms with Crippen molar-refractivity contribution < 1.29 is 0 Å². The third-order valence-corrected chi connectivity index (χ3v) is 2.22. The molecule has 0 fully saturated rings. The van der Waals surface area contributed by atoms with Gasteiger partial charge in [-0.1, -0.05) is 0 Å². The van der Waals surface area contributed by atoms with Crippen LogP contribution in [-0.2, 0) is 7.05 Å². The van der Waals surface area contributed by atoms with Gasteiger partial charge in [-0.05, 0) is 13.0 Å². The van der Waals surface area contributed by atoms with Gasteiger partial charge in [0.15, 0.2) is 0 Å². The van der Waals surface area contributed by atoms with Crippen LogP contribution in [0.2, 0.25) is 0 Å². The molecule has 80 valence electrons. The molecule has 2 aromatic heterocycles. The zero-order valence-electron chi connectivity index (χ0n) is 9.10. The van der Waals surface area contributed by atoms with Crippen LogP contribution in [0.15, 0.2) is 24.7 Å². The molecule has 0 aliphatic heterocycles. The Hall–Kier alpha value is -2.35. The Kier molecular flexibility index (Phi) is 2.56. The highest BCUT2D eigenvalue weighted by atomic mass is 15.3. The molecule has 0 atom stereocenters. The smallest absolute Gasteiger partial charge is 0.101 e. The Morgan fingerprint density at radius 2 is 2.25 bits per heavy atom. The van der Waals surface area contributed by atoms with Gasteiger partial charge in [0.05, 0.1) is 28.8 Å². The molecule has 0 aliphatic carbocycles. The maximum atomic E-state index is 8.93. The lowest BCUT2D eigenvalue weighted by atomic mass is 10.2. The monoisotopic (exact) mass is 213 g/mol. The summed E-state index contributed by atoms with van der Waals surface area (Å²) in [4.78, 5) is 3.99. The Labute approximate surface area is 93.4 Å². The highest BCUT2D eigenvalue weighted by Crippen LogP contribution is 2.21. The summed E-state index contributed by atoms with van der Waals surface area (Å²) in [7, 11) is 1.85. The van der Waals surface area contributed by atoms with Crippen molar-refractivity contribution in [2.24, 2.45) is 7.05 Å². The highest BCUT2D eigenvalue weighted by molar-refractivity contribution is 5.66. The number of nitrogens with one attached hydrogen (secondary N) is 1. The molecule has 0 bridgehead atoms. The van der Waals surface area contributed by atoms with Gasteiger partial charge in [-0.15, -0.1) is 0 Å². The molecule has 16 heavy (non-hydrogen) atoms. The first-order chi connectivity index (χ1) is 7.70. The number of nitrogens with zero attached hydrogens (tertiary/aromatic N) is 4. The molecule has 0 amide bonds. The van der Waals surface area contributed by atoms with Crippen LogP contribution in [0.25, 0.3) is 0 Å². The van der Waals surface area contributed by atoms with Gasteiger partial charge in [-0.3, -0.25) is 9.67 Å². The van der Waals surface area contributed by atoms with Gasteiger partial charge in [0.25, 0.3) is 0 Å². The van der Waals surface area contributed by atoms with E-state index in [4.69, 9.17) is 5.26 Å². The zero-order valence-corrected chi connectivity index (χ0v) is 9.10. The molecule has 2 rings (SSSR count). The first-order valence-electron chi connectivity index (χ1n) is 4.82. The molecule has 0 aromatic carbocycles. The third-order valence-electron chi connectivity index (χ3n) is 2.22. The van der Waals surface area contributed by atoms with Crippen LogP contribution in [0, 0.1) is 18.3 Å². The summed E-state index contributed by atoms with van der Waals surface area (Å²) in [5, 5.41) is 16.3. The van der Waals surface area contributed by atoms with Crippen molar-refractivity contribution >= 4 is 11.4 Å². The lowest BCUT2D eigenvalue weighted by Crippen LogP contribution is -1.94. The molecule has 0 unspecified atom stereocenters. The molecule has 0 saturated carbocycles. The van der Waals surface area contributed by atoms with Gasteiger partial charge in [-0.2, -0.15) is 10.4 Å². The van der Waals surface area contributed by atoms with Gasteiger partial charge in [0, 0.05) is 19.4 Å². The molecule has 0 aliphatic rings. The van der Waals surface area contributed by atoms with E-state index in [1.54, 1.807) is 23.1 Å². The second-order valence-corrected chi connectivity index (χ2v) is 3.46. The molecule has 5 heteroatoms. The number of nitriles is 1. The summed E-state index contributed by atoms with van der Waals surface area (Å²) in [6.45, 7) is 1.91. The fourth-order valence-corrected chi connectivity index (χ4v) is 1.46. The van der Waals surface area contributed by atoms with E-state index in [0.29, 0.717) is 11.3 Å². The molecular weight excluding hydrogens is 202 g/mol. The molecule has 2 heterocycles. The molecule has 5 nitrogen and oxygen atoms in total. The topological polar surface area (TPSA) is 66.5 Å². The van der Waals surface area contributed by atoms with Gasteiger partial charge in [-0.25, -0.2) is 0 Å². The quantitative estimate of drug-likeness (QED) is 0.825. The van der Waals surface area contributed by atoms with E-state index >= 15 is 0 Å². The normalized spacial score (nSPS) is 9.81. The molecule has 2 aromatic rings. The predicted octanol–water partition coefficient (Wildman–Crippen LogP) is 1.74. The maximum absolute atomic E-state index is 8.93. The standard InChI is InChI=1S/C11H11N5/c1-8-11(7-16(2)15-8)14-10-6-13-4-3-9(10)5-12/h3-4,6-7,14H,1-2H3. The average molecular weight is 213 g/mol. The summed E-state index contributed by atoms with van der Waals surface area (Å²) in [5.74, 6) is 0. The van der Waals surface area contributed by atoms with E-state index in [-0.39, 0.29) is 0 Å². The van der Waals surface area contributed by atoms with Gasteiger partial charge < -0.3 is 5.32 Å². The van der Waals surface area contributed by atoms with Crippen molar-refractivity contribution in [1.82, 2.24) is 14.8 Å². The van der Waals surface area contributed by atoms with Crippen LogP contribution in [0.4, 0.5) is 11.4 Å². The van der Waals surface area contributed by atoms with E-state index in [1.165, 1.54) is 0 Å². The number of anilines is 2. The minimum absolute atomic E-state index is 0.568. The molecular formula is C11H11N5. The fourth-order valence-electron chi connectivity index (χ4n) is 1.46. The lowest BCUT2D eigenvalue weighted by molar-refractivity contribution is 0.756. The van der Waals surface area contributed by atoms with Gasteiger partial charge >= 0.3 is 0 Å². The molecule has 0 saturated heterocycles. The molecule has 0 radical (unpaired) electrons. The van der Waals surface area contributed by atoms with Crippen molar-refractivity contribution in [1.29, 1.82) is 5.26 Å². The van der Waals surface area contributed by atoms with Crippen LogP contribution in [0.3, 0.4) is 0 Å². The van der Waals surface area contributed by atoms with Crippen molar-refractivity contribution in [2.75, 3.05) is 5.32 Å². The number of rotatable bonds is 2. The van der Waals surface area contributed by atoms with E-state index in [0.717, 1.165) is 11.4 Å². The Morgan fingerprint density at radius 3 is 2.88 bits per heavy atom. The number of aromatic nitrogens is 3. The second-order valence-electron chi connectivity index (χ2n) is 3.46. The summed E-state index contributed by atoms with van der Waals surface area (Å²) in [5.41, 5.74) is 3.03. The Bertz CT molecular complexity index is 550. The minimum atomic E-state index is 0.568. The van der Waals surface area contributed by atoms with Crippen LogP contribution in [0.5, 0.6) is 0 Å². The maximum Gasteiger partial charge on any atom is 0.101 e. The predicted molar refractivity (Wildman–Crippen MR) is 60.2 cm³/mol. The summed E-state index contributed by atoms with van der Waals surface area (Å²) in [6.07, 6.45) is 5.09. The zero-order chi connectivity index (χ0) is 11.5.